The largest absolute Gasteiger partial charge is 0.481 e. The van der Waals surface area contributed by atoms with E-state index in [1.54, 1.807) is 12.1 Å². The Balaban J connectivity index is 1.18. The van der Waals surface area contributed by atoms with Gasteiger partial charge in [-0.2, -0.15) is 0 Å². The summed E-state index contributed by atoms with van der Waals surface area (Å²) in [7, 11) is 0. The molecule has 0 fully saturated rings. The zero-order chi connectivity index (χ0) is 26.7. The number of benzene rings is 3. The highest BCUT2D eigenvalue weighted by atomic mass is 16.4. The van der Waals surface area contributed by atoms with Gasteiger partial charge in [0.05, 0.1) is 30.0 Å². The molecular weight excluding hydrogens is 484 g/mol. The van der Waals surface area contributed by atoms with Gasteiger partial charge in [0, 0.05) is 13.1 Å². The monoisotopic (exact) mass is 514 g/mol. The van der Waals surface area contributed by atoms with Gasteiger partial charge >= 0.3 is 12.0 Å². The minimum Gasteiger partial charge on any atom is -0.481 e. The molecule has 0 saturated heterocycles. The summed E-state index contributed by atoms with van der Waals surface area (Å²) >= 11 is 0. The van der Waals surface area contributed by atoms with Crippen LogP contribution in [0.1, 0.15) is 24.4 Å². The molecule has 196 valence electrons. The number of nitrogens with one attached hydrogen (secondary N) is 5. The van der Waals surface area contributed by atoms with Crippen LogP contribution in [0.3, 0.4) is 0 Å². The lowest BCUT2D eigenvalue weighted by molar-refractivity contribution is -0.137. The maximum atomic E-state index is 12.4. The van der Waals surface area contributed by atoms with E-state index < -0.39 is 23.9 Å². The molecule has 0 radical (unpaired) electrons. The Bertz CT molecular complexity index is 1340. The van der Waals surface area contributed by atoms with Crippen LogP contribution >= 0.6 is 0 Å². The van der Waals surface area contributed by atoms with E-state index in [2.05, 4.69) is 31.2 Å². The van der Waals surface area contributed by atoms with E-state index in [0.29, 0.717) is 31.0 Å². The highest BCUT2D eigenvalue weighted by Crippen LogP contribution is 2.23. The number of aliphatic carboxylic acids is 1. The number of carboxylic acid groups (broad SMARTS) is 1. The molecule has 4 rings (SSSR count). The number of imidazole rings is 1. The van der Waals surface area contributed by atoms with Crippen molar-refractivity contribution in [3.8, 4) is 11.1 Å². The molecule has 38 heavy (non-hydrogen) atoms. The summed E-state index contributed by atoms with van der Waals surface area (Å²) < 4.78 is 0. The van der Waals surface area contributed by atoms with Crippen molar-refractivity contribution in [1.82, 2.24) is 25.9 Å². The van der Waals surface area contributed by atoms with Crippen LogP contribution in [0.5, 0.6) is 0 Å². The summed E-state index contributed by atoms with van der Waals surface area (Å²) in [5.41, 5.74) is 4.52. The molecule has 6 N–H and O–H groups in total. The average molecular weight is 515 g/mol. The molecular formula is C28H30N6O4. The van der Waals surface area contributed by atoms with Crippen molar-refractivity contribution >= 4 is 34.9 Å². The number of aromatic nitrogens is 2. The smallest absolute Gasteiger partial charge is 0.315 e. The van der Waals surface area contributed by atoms with Crippen molar-refractivity contribution in [2.75, 3.05) is 25.0 Å². The number of nitrogens with zero attached hydrogens (tertiary/aromatic N) is 1. The molecule has 10 heteroatoms. The number of H-pyrrole nitrogens is 1. The normalized spacial score (nSPS) is 11.5. The van der Waals surface area contributed by atoms with Crippen LogP contribution in [-0.4, -0.2) is 52.6 Å². The number of fused-ring (bicyclic) bond motifs is 1. The van der Waals surface area contributed by atoms with Crippen molar-refractivity contribution in [3.63, 3.8) is 0 Å². The zero-order valence-corrected chi connectivity index (χ0v) is 20.7. The first-order valence-electron chi connectivity index (χ1n) is 12.3. The number of aromatic amines is 1. The third-order valence-corrected chi connectivity index (χ3v) is 5.86. The Morgan fingerprint density at radius 2 is 1.55 bits per heavy atom. The lowest BCUT2D eigenvalue weighted by atomic mass is 9.99. The number of hydrogen-bond donors (Lipinski definition) is 6. The third-order valence-electron chi connectivity index (χ3n) is 5.86. The van der Waals surface area contributed by atoms with E-state index in [9.17, 15) is 19.5 Å². The summed E-state index contributed by atoms with van der Waals surface area (Å²) in [5.74, 6) is -0.854. The summed E-state index contributed by atoms with van der Waals surface area (Å²) in [5, 5.41) is 20.4. The Morgan fingerprint density at radius 1 is 0.842 bits per heavy atom. The van der Waals surface area contributed by atoms with E-state index >= 15 is 0 Å². The Morgan fingerprint density at radius 3 is 2.29 bits per heavy atom. The van der Waals surface area contributed by atoms with Crippen LogP contribution < -0.4 is 21.3 Å². The van der Waals surface area contributed by atoms with Crippen LogP contribution in [0, 0.1) is 0 Å². The molecule has 1 aromatic heterocycles. The summed E-state index contributed by atoms with van der Waals surface area (Å²) in [4.78, 5) is 43.5. The van der Waals surface area contributed by atoms with E-state index in [-0.39, 0.29) is 13.0 Å². The van der Waals surface area contributed by atoms with Crippen LogP contribution in [0.15, 0.2) is 78.9 Å². The Hall–Kier alpha value is -4.86. The number of urea groups is 1. The predicted octanol–water partition coefficient (Wildman–Crippen LogP) is 3.66. The molecule has 4 aromatic rings. The molecule has 3 amide bonds. The van der Waals surface area contributed by atoms with Crippen molar-refractivity contribution in [1.29, 1.82) is 0 Å². The van der Waals surface area contributed by atoms with Gasteiger partial charge in [-0.25, -0.2) is 9.78 Å². The maximum Gasteiger partial charge on any atom is 0.315 e. The molecule has 1 unspecified atom stereocenters. The molecule has 0 aliphatic carbocycles. The lowest BCUT2D eigenvalue weighted by Crippen LogP contribution is -2.43. The highest BCUT2D eigenvalue weighted by Gasteiger charge is 2.18. The summed E-state index contributed by atoms with van der Waals surface area (Å²) in [6.45, 7) is 0.720. The van der Waals surface area contributed by atoms with Crippen LogP contribution in [0.4, 0.5) is 10.7 Å². The molecule has 0 spiro atoms. The zero-order valence-electron chi connectivity index (χ0n) is 20.7. The fourth-order valence-corrected chi connectivity index (χ4v) is 3.97. The number of carbonyl (C=O) groups is 3. The van der Waals surface area contributed by atoms with Crippen molar-refractivity contribution < 1.29 is 19.5 Å². The van der Waals surface area contributed by atoms with Crippen LogP contribution in [0.25, 0.3) is 22.2 Å². The van der Waals surface area contributed by atoms with Gasteiger partial charge in [0.25, 0.3) is 0 Å². The number of carboxylic acids is 1. The second-order valence-corrected chi connectivity index (χ2v) is 8.70. The van der Waals surface area contributed by atoms with E-state index in [1.165, 1.54) is 0 Å². The third kappa shape index (κ3) is 7.57. The first-order valence-corrected chi connectivity index (χ1v) is 12.3. The van der Waals surface area contributed by atoms with Gasteiger partial charge in [-0.05, 0) is 35.2 Å². The first-order chi connectivity index (χ1) is 18.5. The molecule has 10 nitrogen and oxygen atoms in total. The van der Waals surface area contributed by atoms with Gasteiger partial charge in [-0.3, -0.25) is 9.59 Å². The van der Waals surface area contributed by atoms with Gasteiger partial charge in [0.1, 0.15) is 0 Å². The second-order valence-electron chi connectivity index (χ2n) is 8.70. The van der Waals surface area contributed by atoms with Gasteiger partial charge in [-0.1, -0.05) is 66.7 Å². The molecule has 0 aliphatic heterocycles. The topological polar surface area (TPSA) is 148 Å². The van der Waals surface area contributed by atoms with E-state index in [0.717, 1.165) is 22.2 Å². The van der Waals surface area contributed by atoms with Crippen molar-refractivity contribution in [2.24, 2.45) is 0 Å². The fourth-order valence-electron chi connectivity index (χ4n) is 3.97. The van der Waals surface area contributed by atoms with Crippen molar-refractivity contribution in [2.45, 2.75) is 18.9 Å². The van der Waals surface area contributed by atoms with Gasteiger partial charge < -0.3 is 31.4 Å². The number of para-hydroxylation sites is 2. The predicted molar refractivity (Wildman–Crippen MR) is 146 cm³/mol. The summed E-state index contributed by atoms with van der Waals surface area (Å²) in [6.07, 6.45) is 0.372. The van der Waals surface area contributed by atoms with Gasteiger partial charge in [0.2, 0.25) is 11.9 Å². The molecule has 0 saturated carbocycles. The molecule has 0 bridgehead atoms. The van der Waals surface area contributed by atoms with Gasteiger partial charge in [0.15, 0.2) is 0 Å². The van der Waals surface area contributed by atoms with Gasteiger partial charge in [-0.15, -0.1) is 0 Å². The summed E-state index contributed by atoms with van der Waals surface area (Å²) in [6, 6.07) is 23.7. The van der Waals surface area contributed by atoms with E-state index in [4.69, 9.17) is 0 Å². The highest BCUT2D eigenvalue weighted by molar-refractivity contribution is 5.84. The first kappa shape index (κ1) is 26.2. The average Bonchev–Trinajstić information content (AvgIpc) is 3.35. The molecule has 0 aliphatic rings. The van der Waals surface area contributed by atoms with Crippen molar-refractivity contribution in [3.05, 3.63) is 84.4 Å². The molecule has 1 atom stereocenters. The Kier molecular flexibility index (Phi) is 8.90. The molecule has 1 heterocycles. The maximum absolute atomic E-state index is 12.4. The fraction of sp³-hybridized carbons (Fsp3) is 0.214. The second kappa shape index (κ2) is 12.9. The van der Waals surface area contributed by atoms with Crippen LogP contribution in [0.2, 0.25) is 0 Å². The lowest BCUT2D eigenvalue weighted by Gasteiger charge is -2.18. The minimum absolute atomic E-state index is 0.277. The number of amides is 3. The quantitative estimate of drug-likeness (QED) is 0.159. The molecule has 3 aromatic carbocycles. The number of rotatable bonds is 12. The number of carbonyl (C=O) groups excluding carboxylic acids is 2. The standard InChI is InChI=1S/C28H30N6O4/c35-25(18-31-28(38)30-16-6-15-29-27-33-22-9-4-5-10-23(22)34-27)32-24(17-26(36)37)21-13-11-20(12-14-21)19-7-2-1-3-8-19/h1-5,7-14,24H,6,15-18H2,(H,32,35)(H,36,37)(H2,29,33,34)(H2,30,31,38). The van der Waals surface area contributed by atoms with Crippen LogP contribution in [-0.2, 0) is 9.59 Å². The Labute approximate surface area is 219 Å². The minimum atomic E-state index is -1.04. The number of hydrogen-bond acceptors (Lipinski definition) is 5. The SMILES string of the molecule is O=C(O)CC(NC(=O)CNC(=O)NCCCNc1nc2ccccc2[nH]1)c1ccc(-c2ccccc2)cc1. The van der Waals surface area contributed by atoms with E-state index in [1.807, 2.05) is 66.7 Å². The number of anilines is 1.